The highest BCUT2D eigenvalue weighted by molar-refractivity contribution is 7.17. The van der Waals surface area contributed by atoms with Crippen LogP contribution in [0, 0.1) is 0 Å². The molecule has 2 aromatic carbocycles. The van der Waals surface area contributed by atoms with Gasteiger partial charge in [-0.05, 0) is 67.3 Å². The molecule has 3 heterocycles. The van der Waals surface area contributed by atoms with E-state index in [0.29, 0.717) is 23.4 Å². The summed E-state index contributed by atoms with van der Waals surface area (Å²) in [7, 11) is 0. The van der Waals surface area contributed by atoms with Crippen LogP contribution in [0.1, 0.15) is 54.4 Å². The van der Waals surface area contributed by atoms with Gasteiger partial charge in [0, 0.05) is 46.7 Å². The molecule has 0 spiro atoms. The van der Waals surface area contributed by atoms with E-state index in [2.05, 4.69) is 15.6 Å². The summed E-state index contributed by atoms with van der Waals surface area (Å²) in [5.74, 6) is -1.28. The van der Waals surface area contributed by atoms with Gasteiger partial charge in [0.25, 0.3) is 17.7 Å². The molecule has 0 saturated heterocycles. The summed E-state index contributed by atoms with van der Waals surface area (Å²) in [5, 5.41) is 5.48. The molecule has 4 aromatic rings. The fourth-order valence-corrected chi connectivity index (χ4v) is 5.92. The molecule has 2 N–H and O–H groups in total. The van der Waals surface area contributed by atoms with Gasteiger partial charge in [-0.3, -0.25) is 19.4 Å². The van der Waals surface area contributed by atoms with Gasteiger partial charge in [0.15, 0.2) is 0 Å². The lowest BCUT2D eigenvalue weighted by molar-refractivity contribution is -0.138. The van der Waals surface area contributed by atoms with Gasteiger partial charge in [-0.25, -0.2) is 0 Å². The number of thiophene rings is 1. The number of nitrogens with zero attached hydrogens (tertiary/aromatic N) is 2. The standard InChI is InChI=1S/C30H23F3N4O3S/c31-30(32,33)23-11-13-34-16-22(23)27(38)35-19-7-5-17(6-8-19)29(40)37-14-12-18-15-25(28(39)36-20-9-10-20)41-26(18)21-3-1-2-4-24(21)37/h1-8,11,13,15-16,20H,9-10,12,14H2,(H,35,38)(H,36,39). The van der Waals surface area contributed by atoms with Crippen LogP contribution in [0.4, 0.5) is 24.5 Å². The number of hydrogen-bond donors (Lipinski definition) is 2. The molecule has 2 aromatic heterocycles. The summed E-state index contributed by atoms with van der Waals surface area (Å²) >= 11 is 1.42. The lowest BCUT2D eigenvalue weighted by Gasteiger charge is -2.23. The largest absolute Gasteiger partial charge is 0.417 e. The first-order chi connectivity index (χ1) is 19.7. The normalized spacial score (nSPS) is 14.5. The SMILES string of the molecule is O=C(NC1CC1)c1cc2c(s1)-c1ccccc1N(C(=O)c1ccc(NC(=O)c3cnccc3C(F)(F)F)cc1)CC2. The van der Waals surface area contributed by atoms with E-state index < -0.39 is 23.2 Å². The van der Waals surface area contributed by atoms with Gasteiger partial charge in [-0.1, -0.05) is 18.2 Å². The second-order valence-corrected chi connectivity index (χ2v) is 10.9. The molecule has 41 heavy (non-hydrogen) atoms. The number of rotatable bonds is 5. The first-order valence-corrected chi connectivity index (χ1v) is 13.8. The fraction of sp³-hybridized carbons (Fsp3) is 0.200. The Hall–Kier alpha value is -4.51. The van der Waals surface area contributed by atoms with E-state index in [-0.39, 0.29) is 23.5 Å². The molecule has 1 saturated carbocycles. The first kappa shape index (κ1) is 26.7. The van der Waals surface area contributed by atoms with E-state index in [1.54, 1.807) is 4.90 Å². The Morgan fingerprint density at radius 1 is 0.976 bits per heavy atom. The second-order valence-electron chi connectivity index (χ2n) is 9.89. The van der Waals surface area contributed by atoms with Crippen molar-refractivity contribution < 1.29 is 27.6 Å². The highest BCUT2D eigenvalue weighted by Gasteiger charge is 2.35. The van der Waals surface area contributed by atoms with Crippen LogP contribution in [0.5, 0.6) is 0 Å². The third-order valence-corrected chi connectivity index (χ3v) is 8.20. The van der Waals surface area contributed by atoms with Crippen LogP contribution >= 0.6 is 11.3 Å². The number of para-hydroxylation sites is 1. The number of nitrogens with one attached hydrogen (secondary N) is 2. The first-order valence-electron chi connectivity index (χ1n) is 13.0. The number of amides is 3. The van der Waals surface area contributed by atoms with Crippen molar-refractivity contribution in [1.29, 1.82) is 0 Å². The minimum absolute atomic E-state index is 0.0682. The molecule has 1 fully saturated rings. The predicted molar refractivity (Wildman–Crippen MR) is 149 cm³/mol. The number of pyridine rings is 1. The number of aromatic nitrogens is 1. The summed E-state index contributed by atoms with van der Waals surface area (Å²) < 4.78 is 39.9. The van der Waals surface area contributed by atoms with Crippen molar-refractivity contribution in [2.45, 2.75) is 31.5 Å². The van der Waals surface area contributed by atoms with Crippen molar-refractivity contribution in [3.63, 3.8) is 0 Å². The average molecular weight is 577 g/mol. The van der Waals surface area contributed by atoms with E-state index >= 15 is 0 Å². The number of hydrogen-bond acceptors (Lipinski definition) is 5. The third-order valence-electron chi connectivity index (χ3n) is 7.00. The van der Waals surface area contributed by atoms with E-state index in [1.807, 2.05) is 30.3 Å². The molecule has 208 valence electrons. The van der Waals surface area contributed by atoms with Gasteiger partial charge in [-0.15, -0.1) is 11.3 Å². The zero-order chi connectivity index (χ0) is 28.7. The maximum Gasteiger partial charge on any atom is 0.417 e. The van der Waals surface area contributed by atoms with Crippen LogP contribution < -0.4 is 15.5 Å². The number of benzene rings is 2. The van der Waals surface area contributed by atoms with E-state index in [1.165, 1.54) is 35.6 Å². The van der Waals surface area contributed by atoms with Crippen LogP contribution in [0.25, 0.3) is 10.4 Å². The fourth-order valence-electron chi connectivity index (χ4n) is 4.78. The highest BCUT2D eigenvalue weighted by atomic mass is 32.1. The van der Waals surface area contributed by atoms with Crippen molar-refractivity contribution in [1.82, 2.24) is 10.3 Å². The number of alkyl halides is 3. The summed E-state index contributed by atoms with van der Waals surface area (Å²) in [6.07, 6.45) is -0.284. The van der Waals surface area contributed by atoms with E-state index in [9.17, 15) is 27.6 Å². The Balaban J connectivity index is 1.21. The highest BCUT2D eigenvalue weighted by Crippen LogP contribution is 2.42. The van der Waals surface area contributed by atoms with Crippen molar-refractivity contribution in [3.05, 3.63) is 100 Å². The summed E-state index contributed by atoms with van der Waals surface area (Å²) in [5.41, 5.74) is 1.50. The molecule has 3 amide bonds. The predicted octanol–water partition coefficient (Wildman–Crippen LogP) is 6.18. The summed E-state index contributed by atoms with van der Waals surface area (Å²) in [4.78, 5) is 45.8. The topological polar surface area (TPSA) is 91.4 Å². The number of carbonyl (C=O) groups is 3. The average Bonchev–Trinajstić information content (AvgIpc) is 3.71. The molecular formula is C30H23F3N4O3S. The van der Waals surface area contributed by atoms with E-state index in [0.717, 1.165) is 53.0 Å². The maximum atomic E-state index is 13.6. The van der Waals surface area contributed by atoms with Gasteiger partial charge < -0.3 is 15.5 Å². The molecule has 1 aliphatic carbocycles. The Morgan fingerprint density at radius 2 is 1.73 bits per heavy atom. The zero-order valence-corrected chi connectivity index (χ0v) is 22.3. The van der Waals surface area contributed by atoms with Gasteiger partial charge in [0.05, 0.1) is 21.7 Å². The minimum atomic E-state index is -4.71. The van der Waals surface area contributed by atoms with Gasteiger partial charge in [0.2, 0.25) is 0 Å². The molecule has 0 bridgehead atoms. The molecule has 0 radical (unpaired) electrons. The molecule has 11 heteroatoms. The number of fused-ring (bicyclic) bond motifs is 3. The Kier molecular flexibility index (Phi) is 6.82. The van der Waals surface area contributed by atoms with Crippen LogP contribution in [0.2, 0.25) is 0 Å². The van der Waals surface area contributed by atoms with Gasteiger partial charge in [0.1, 0.15) is 0 Å². The Morgan fingerprint density at radius 3 is 2.46 bits per heavy atom. The maximum absolute atomic E-state index is 13.6. The molecule has 1 aliphatic heterocycles. The molecule has 0 unspecified atom stereocenters. The van der Waals surface area contributed by atoms with Crippen molar-refractivity contribution in [2.24, 2.45) is 0 Å². The Labute approximate surface area is 237 Å². The van der Waals surface area contributed by atoms with Crippen molar-refractivity contribution >= 4 is 40.4 Å². The van der Waals surface area contributed by atoms with Gasteiger partial charge >= 0.3 is 6.18 Å². The summed E-state index contributed by atoms with van der Waals surface area (Å²) in [6.45, 7) is 0.392. The lowest BCUT2D eigenvalue weighted by atomic mass is 10.1. The second kappa shape index (κ2) is 10.5. The van der Waals surface area contributed by atoms with Gasteiger partial charge in [-0.2, -0.15) is 13.2 Å². The third kappa shape index (κ3) is 5.45. The number of anilines is 2. The quantitative estimate of drug-likeness (QED) is 0.297. The van der Waals surface area contributed by atoms with Crippen molar-refractivity contribution in [3.8, 4) is 10.4 Å². The minimum Gasteiger partial charge on any atom is -0.349 e. The smallest absolute Gasteiger partial charge is 0.349 e. The monoisotopic (exact) mass is 576 g/mol. The van der Waals surface area contributed by atoms with Crippen LogP contribution in [-0.4, -0.2) is 35.3 Å². The lowest BCUT2D eigenvalue weighted by Crippen LogP contribution is -2.32. The number of carbonyl (C=O) groups excluding carboxylic acids is 3. The van der Waals surface area contributed by atoms with Crippen molar-refractivity contribution in [2.75, 3.05) is 16.8 Å². The molecule has 7 nitrogen and oxygen atoms in total. The van der Waals surface area contributed by atoms with Crippen LogP contribution in [-0.2, 0) is 12.6 Å². The summed E-state index contributed by atoms with van der Waals surface area (Å²) in [6, 6.07) is 16.5. The molecular weight excluding hydrogens is 553 g/mol. The van der Waals surface area contributed by atoms with Crippen LogP contribution in [0.15, 0.2) is 73.1 Å². The van der Waals surface area contributed by atoms with E-state index in [4.69, 9.17) is 0 Å². The molecule has 0 atom stereocenters. The van der Waals surface area contributed by atoms with Crippen LogP contribution in [0.3, 0.4) is 0 Å². The number of halogens is 3. The zero-order valence-electron chi connectivity index (χ0n) is 21.5. The Bertz CT molecular complexity index is 1660. The molecule has 2 aliphatic rings. The molecule has 6 rings (SSSR count).